The van der Waals surface area contributed by atoms with E-state index in [0.29, 0.717) is 19.8 Å². The predicted molar refractivity (Wildman–Crippen MR) is 73.3 cm³/mol. The Morgan fingerprint density at radius 1 is 1.17 bits per heavy atom. The second kappa shape index (κ2) is 5.48. The van der Waals surface area contributed by atoms with E-state index in [-0.39, 0.29) is 5.41 Å². The monoisotopic (exact) mass is 255 g/mol. The third kappa shape index (κ3) is 2.45. The van der Waals surface area contributed by atoms with Gasteiger partial charge < -0.3 is 15.6 Å². The first-order valence-electron chi connectivity index (χ1n) is 7.53. The Morgan fingerprint density at radius 3 is 2.17 bits per heavy atom. The van der Waals surface area contributed by atoms with Crippen molar-refractivity contribution in [3.63, 3.8) is 0 Å². The van der Waals surface area contributed by atoms with Gasteiger partial charge in [0.05, 0.1) is 5.60 Å². The summed E-state index contributed by atoms with van der Waals surface area (Å²) >= 11 is 0. The zero-order valence-corrected chi connectivity index (χ0v) is 12.0. The van der Waals surface area contributed by atoms with Gasteiger partial charge in [-0.15, -0.1) is 0 Å². The first-order valence-corrected chi connectivity index (χ1v) is 7.53. The van der Waals surface area contributed by atoms with E-state index in [1.54, 1.807) is 0 Å². The molecule has 0 aromatic rings. The highest BCUT2D eigenvalue weighted by molar-refractivity contribution is 5.03. The first-order chi connectivity index (χ1) is 8.53. The molecule has 0 radical (unpaired) electrons. The lowest BCUT2D eigenvalue weighted by Gasteiger charge is -2.52. The second-order valence-electron chi connectivity index (χ2n) is 6.71. The molecule has 0 aromatic heterocycles. The molecule has 1 saturated heterocycles. The van der Waals surface area contributed by atoms with Gasteiger partial charge in [-0.1, -0.05) is 13.8 Å². The van der Waals surface area contributed by atoms with Crippen LogP contribution in [-0.2, 0) is 4.74 Å². The normalized spacial score (nSPS) is 36.8. The van der Waals surface area contributed by atoms with Crippen LogP contribution in [0.3, 0.4) is 0 Å². The minimum atomic E-state index is -0.581. The Balaban J connectivity index is 2.08. The highest BCUT2D eigenvalue weighted by Crippen LogP contribution is 2.50. The summed E-state index contributed by atoms with van der Waals surface area (Å²) in [7, 11) is 0. The SMILES string of the molecule is CC(C)C1CCC(CN)(C2(O)CCOCC2)CC1. The molecule has 1 heterocycles. The highest BCUT2D eigenvalue weighted by atomic mass is 16.5. The summed E-state index contributed by atoms with van der Waals surface area (Å²) in [6.45, 7) is 6.61. The predicted octanol–water partition coefficient (Wildman–Crippen LogP) is 2.32. The van der Waals surface area contributed by atoms with E-state index in [1.165, 1.54) is 12.8 Å². The van der Waals surface area contributed by atoms with Gasteiger partial charge >= 0.3 is 0 Å². The Labute approximate surface area is 111 Å². The van der Waals surface area contributed by atoms with Gasteiger partial charge in [-0.25, -0.2) is 0 Å². The Bertz CT molecular complexity index is 264. The standard InChI is InChI=1S/C15H29NO2/c1-12(2)13-3-5-14(11-16,6-4-13)15(17)7-9-18-10-8-15/h12-13,17H,3-11,16H2,1-2H3. The van der Waals surface area contributed by atoms with Gasteiger partial charge in [0.25, 0.3) is 0 Å². The molecule has 1 aliphatic carbocycles. The van der Waals surface area contributed by atoms with E-state index in [2.05, 4.69) is 13.8 Å². The number of rotatable bonds is 3. The summed E-state index contributed by atoms with van der Waals surface area (Å²) in [5.74, 6) is 1.57. The molecular weight excluding hydrogens is 226 g/mol. The zero-order valence-electron chi connectivity index (χ0n) is 12.0. The highest BCUT2D eigenvalue weighted by Gasteiger charge is 2.51. The van der Waals surface area contributed by atoms with Gasteiger partial charge in [0.2, 0.25) is 0 Å². The molecule has 2 fully saturated rings. The topological polar surface area (TPSA) is 55.5 Å². The lowest BCUT2D eigenvalue weighted by Crippen LogP contribution is -2.57. The second-order valence-corrected chi connectivity index (χ2v) is 6.71. The Hall–Kier alpha value is -0.120. The van der Waals surface area contributed by atoms with Crippen LogP contribution in [0.4, 0.5) is 0 Å². The van der Waals surface area contributed by atoms with Crippen LogP contribution in [0.25, 0.3) is 0 Å². The fraction of sp³-hybridized carbons (Fsp3) is 1.00. The summed E-state index contributed by atoms with van der Waals surface area (Å²) in [5, 5.41) is 11.0. The maximum atomic E-state index is 11.0. The Kier molecular flexibility index (Phi) is 4.35. The summed E-state index contributed by atoms with van der Waals surface area (Å²) in [4.78, 5) is 0. The quantitative estimate of drug-likeness (QED) is 0.813. The summed E-state index contributed by atoms with van der Waals surface area (Å²) in [6, 6.07) is 0. The molecule has 0 spiro atoms. The van der Waals surface area contributed by atoms with Crippen molar-refractivity contribution in [2.24, 2.45) is 23.0 Å². The van der Waals surface area contributed by atoms with Gasteiger partial charge in [-0.05, 0) is 37.5 Å². The van der Waals surface area contributed by atoms with Gasteiger partial charge in [0.15, 0.2) is 0 Å². The molecule has 1 saturated carbocycles. The molecule has 106 valence electrons. The van der Waals surface area contributed by atoms with Crippen molar-refractivity contribution in [2.45, 2.75) is 58.0 Å². The molecule has 3 nitrogen and oxygen atoms in total. The van der Waals surface area contributed by atoms with E-state index in [9.17, 15) is 5.11 Å². The largest absolute Gasteiger partial charge is 0.389 e. The zero-order chi connectivity index (χ0) is 13.2. The van der Waals surface area contributed by atoms with Gasteiger partial charge in [0, 0.05) is 38.0 Å². The van der Waals surface area contributed by atoms with Crippen LogP contribution in [0.15, 0.2) is 0 Å². The molecule has 0 atom stereocenters. The Morgan fingerprint density at radius 2 is 1.72 bits per heavy atom. The number of aliphatic hydroxyl groups is 1. The van der Waals surface area contributed by atoms with E-state index in [1.807, 2.05) is 0 Å². The van der Waals surface area contributed by atoms with Crippen LogP contribution in [0.2, 0.25) is 0 Å². The third-order valence-electron chi connectivity index (χ3n) is 5.63. The fourth-order valence-electron chi connectivity index (χ4n) is 3.96. The number of hydrogen-bond acceptors (Lipinski definition) is 3. The summed E-state index contributed by atoms with van der Waals surface area (Å²) in [5.41, 5.74) is 5.44. The molecule has 0 amide bonds. The third-order valence-corrected chi connectivity index (χ3v) is 5.63. The minimum absolute atomic E-state index is 0.0534. The molecule has 0 aromatic carbocycles. The van der Waals surface area contributed by atoms with Crippen molar-refractivity contribution in [1.82, 2.24) is 0 Å². The number of nitrogens with two attached hydrogens (primary N) is 1. The van der Waals surface area contributed by atoms with Crippen LogP contribution in [-0.4, -0.2) is 30.5 Å². The minimum Gasteiger partial charge on any atom is -0.389 e. The summed E-state index contributed by atoms with van der Waals surface area (Å²) in [6.07, 6.45) is 6.13. The molecule has 1 aliphatic heterocycles. The van der Waals surface area contributed by atoms with Crippen LogP contribution < -0.4 is 5.73 Å². The average molecular weight is 255 g/mol. The van der Waals surface area contributed by atoms with Crippen molar-refractivity contribution in [3.8, 4) is 0 Å². The average Bonchev–Trinajstić information content (AvgIpc) is 2.39. The van der Waals surface area contributed by atoms with Crippen LogP contribution in [0.1, 0.15) is 52.4 Å². The lowest BCUT2D eigenvalue weighted by atomic mass is 9.58. The lowest BCUT2D eigenvalue weighted by molar-refractivity contribution is -0.157. The molecule has 3 N–H and O–H groups in total. The van der Waals surface area contributed by atoms with Gasteiger partial charge in [0.1, 0.15) is 0 Å². The van der Waals surface area contributed by atoms with Crippen LogP contribution in [0, 0.1) is 17.3 Å². The molecule has 2 rings (SSSR count). The molecule has 18 heavy (non-hydrogen) atoms. The van der Waals surface area contributed by atoms with Crippen molar-refractivity contribution in [3.05, 3.63) is 0 Å². The van der Waals surface area contributed by atoms with Crippen molar-refractivity contribution in [1.29, 1.82) is 0 Å². The van der Waals surface area contributed by atoms with Gasteiger partial charge in [-0.3, -0.25) is 0 Å². The molecule has 0 bridgehead atoms. The molecular formula is C15H29NO2. The number of ether oxygens (including phenoxy) is 1. The van der Waals surface area contributed by atoms with E-state index in [4.69, 9.17) is 10.5 Å². The fourth-order valence-corrected chi connectivity index (χ4v) is 3.96. The molecule has 0 unspecified atom stereocenters. The van der Waals surface area contributed by atoms with E-state index >= 15 is 0 Å². The van der Waals surface area contributed by atoms with Crippen molar-refractivity contribution in [2.75, 3.05) is 19.8 Å². The van der Waals surface area contributed by atoms with Crippen molar-refractivity contribution < 1.29 is 9.84 Å². The molecule has 3 heteroatoms. The smallest absolute Gasteiger partial charge is 0.0759 e. The summed E-state index contributed by atoms with van der Waals surface area (Å²) < 4.78 is 5.40. The number of hydrogen-bond donors (Lipinski definition) is 2. The van der Waals surface area contributed by atoms with Crippen LogP contribution in [0.5, 0.6) is 0 Å². The first kappa shape index (κ1) is 14.3. The van der Waals surface area contributed by atoms with Gasteiger partial charge in [-0.2, -0.15) is 0 Å². The van der Waals surface area contributed by atoms with Crippen LogP contribution >= 0.6 is 0 Å². The maximum Gasteiger partial charge on any atom is 0.0759 e. The van der Waals surface area contributed by atoms with E-state index < -0.39 is 5.60 Å². The van der Waals surface area contributed by atoms with E-state index in [0.717, 1.165) is 37.5 Å². The van der Waals surface area contributed by atoms with Crippen molar-refractivity contribution >= 4 is 0 Å². The maximum absolute atomic E-state index is 11.0. The molecule has 2 aliphatic rings.